The summed E-state index contributed by atoms with van der Waals surface area (Å²) in [6, 6.07) is 1.73. The number of carboxylic acid groups (broad SMARTS) is 2. The van der Waals surface area contributed by atoms with Crippen molar-refractivity contribution in [3.8, 4) is 11.5 Å². The summed E-state index contributed by atoms with van der Waals surface area (Å²) >= 11 is 0. The zero-order valence-electron chi connectivity index (χ0n) is 15.9. The van der Waals surface area contributed by atoms with Crippen LogP contribution in [0.3, 0.4) is 0 Å². The van der Waals surface area contributed by atoms with Gasteiger partial charge in [0.25, 0.3) is 5.56 Å². The van der Waals surface area contributed by atoms with Crippen molar-refractivity contribution in [2.75, 3.05) is 14.2 Å². The number of carboxylic acids is 2. The van der Waals surface area contributed by atoms with E-state index in [1.165, 1.54) is 20.3 Å². The summed E-state index contributed by atoms with van der Waals surface area (Å²) in [4.78, 5) is 52.9. The number of hydrogen-bond donors (Lipinski definition) is 4. The van der Waals surface area contributed by atoms with E-state index in [0.29, 0.717) is 17.0 Å². The summed E-state index contributed by atoms with van der Waals surface area (Å²) in [6.07, 6.45) is -0.708. The van der Waals surface area contributed by atoms with E-state index in [4.69, 9.17) is 19.7 Å². The predicted octanol–water partition coefficient (Wildman–Crippen LogP) is 0.307. The van der Waals surface area contributed by atoms with Gasteiger partial charge in [-0.1, -0.05) is 0 Å². The lowest BCUT2D eigenvalue weighted by atomic mass is 10.1. The summed E-state index contributed by atoms with van der Waals surface area (Å²) < 4.78 is 10.3. The molecule has 11 nitrogen and oxygen atoms in total. The molecular formula is C18H21N3O8. The first-order valence-corrected chi connectivity index (χ1v) is 8.64. The Morgan fingerprint density at radius 1 is 1.14 bits per heavy atom. The molecular weight excluding hydrogens is 386 g/mol. The van der Waals surface area contributed by atoms with E-state index in [2.05, 4.69) is 15.3 Å². The second-order valence-corrected chi connectivity index (χ2v) is 6.13. The molecule has 29 heavy (non-hydrogen) atoms. The molecule has 1 amide bonds. The molecule has 0 radical (unpaired) electrons. The topological polar surface area (TPSA) is 168 Å². The molecule has 0 aliphatic heterocycles. The molecule has 0 bridgehead atoms. The van der Waals surface area contributed by atoms with Crippen LogP contribution in [0.1, 0.15) is 25.1 Å². The number of nitrogens with zero attached hydrogens (tertiary/aromatic N) is 1. The number of rotatable bonds is 10. The smallest absolute Gasteiger partial charge is 0.326 e. The van der Waals surface area contributed by atoms with Gasteiger partial charge in [0.05, 0.1) is 25.1 Å². The molecule has 1 aromatic heterocycles. The van der Waals surface area contributed by atoms with Gasteiger partial charge in [0.15, 0.2) is 11.5 Å². The van der Waals surface area contributed by atoms with Crippen molar-refractivity contribution >= 4 is 28.7 Å². The fraction of sp³-hybridized carbons (Fsp3) is 0.389. The van der Waals surface area contributed by atoms with Crippen molar-refractivity contribution in [3.63, 3.8) is 0 Å². The highest BCUT2D eigenvalue weighted by Gasteiger charge is 2.21. The zero-order valence-corrected chi connectivity index (χ0v) is 15.9. The van der Waals surface area contributed by atoms with E-state index < -0.39 is 29.4 Å². The minimum absolute atomic E-state index is 0.0522. The number of carbonyl (C=O) groups is 3. The average molecular weight is 407 g/mol. The number of ether oxygens (including phenoxy) is 2. The summed E-state index contributed by atoms with van der Waals surface area (Å²) in [5, 5.41) is 20.3. The van der Waals surface area contributed by atoms with Gasteiger partial charge >= 0.3 is 11.9 Å². The number of H-pyrrole nitrogens is 1. The summed E-state index contributed by atoms with van der Waals surface area (Å²) in [5.41, 5.74) is -0.0667. The molecule has 0 aliphatic carbocycles. The number of aliphatic carboxylic acids is 2. The Morgan fingerprint density at radius 3 is 2.38 bits per heavy atom. The second-order valence-electron chi connectivity index (χ2n) is 6.13. The van der Waals surface area contributed by atoms with Crippen LogP contribution < -0.4 is 20.3 Å². The molecule has 0 saturated carbocycles. The molecule has 1 aromatic carbocycles. The van der Waals surface area contributed by atoms with Gasteiger partial charge in [-0.15, -0.1) is 0 Å². The molecule has 1 atom stereocenters. The molecule has 0 spiro atoms. The van der Waals surface area contributed by atoms with Gasteiger partial charge in [-0.25, -0.2) is 9.78 Å². The summed E-state index contributed by atoms with van der Waals surface area (Å²) in [7, 11) is 2.89. The first kappa shape index (κ1) is 21.7. The minimum Gasteiger partial charge on any atom is -0.493 e. The maximum absolute atomic E-state index is 12.3. The van der Waals surface area contributed by atoms with E-state index in [9.17, 15) is 19.2 Å². The van der Waals surface area contributed by atoms with Crippen molar-refractivity contribution in [3.05, 3.63) is 28.3 Å². The van der Waals surface area contributed by atoms with Crippen molar-refractivity contribution in [1.29, 1.82) is 0 Å². The van der Waals surface area contributed by atoms with Gasteiger partial charge in [-0.05, 0) is 12.5 Å². The lowest BCUT2D eigenvalue weighted by Crippen LogP contribution is -2.41. The lowest BCUT2D eigenvalue weighted by molar-refractivity contribution is -0.143. The third kappa shape index (κ3) is 5.67. The highest BCUT2D eigenvalue weighted by Crippen LogP contribution is 2.29. The van der Waals surface area contributed by atoms with Crippen LogP contribution in [0.2, 0.25) is 0 Å². The molecule has 0 fully saturated rings. The second kappa shape index (κ2) is 9.53. The van der Waals surface area contributed by atoms with E-state index in [-0.39, 0.29) is 36.9 Å². The Morgan fingerprint density at radius 2 is 1.79 bits per heavy atom. The molecule has 0 saturated heterocycles. The van der Waals surface area contributed by atoms with Crippen LogP contribution in [0, 0.1) is 0 Å². The highest BCUT2D eigenvalue weighted by molar-refractivity contribution is 5.84. The van der Waals surface area contributed by atoms with Crippen molar-refractivity contribution in [1.82, 2.24) is 15.3 Å². The minimum atomic E-state index is -1.32. The molecule has 4 N–H and O–H groups in total. The molecule has 2 aromatic rings. The van der Waals surface area contributed by atoms with Gasteiger partial charge in [0, 0.05) is 25.3 Å². The number of nitrogens with one attached hydrogen (secondary N) is 2. The van der Waals surface area contributed by atoms with Crippen LogP contribution in [-0.2, 0) is 20.8 Å². The Hall–Kier alpha value is -3.63. The van der Waals surface area contributed by atoms with Gasteiger partial charge in [-0.3, -0.25) is 14.4 Å². The van der Waals surface area contributed by atoms with Crippen LogP contribution in [-0.4, -0.2) is 58.3 Å². The predicted molar refractivity (Wildman–Crippen MR) is 100 cm³/mol. The van der Waals surface area contributed by atoms with Crippen LogP contribution in [0.5, 0.6) is 11.5 Å². The molecule has 11 heteroatoms. The third-order valence-electron chi connectivity index (χ3n) is 4.13. The zero-order chi connectivity index (χ0) is 21.6. The molecule has 0 unspecified atom stereocenters. The first-order valence-electron chi connectivity index (χ1n) is 8.64. The normalized spacial score (nSPS) is 11.7. The Kier molecular flexibility index (Phi) is 7.12. The number of hydrogen-bond acceptors (Lipinski definition) is 7. The number of aryl methyl sites for hydroxylation is 1. The Bertz CT molecular complexity index is 985. The highest BCUT2D eigenvalue weighted by atomic mass is 16.5. The monoisotopic (exact) mass is 407 g/mol. The standard InChI is InChI=1S/C18H21N3O8/c1-28-12-7-9-11(8-13(12)29-2)19-14(21-17(9)25)4-5-15(22)20-10(18(26)27)3-6-16(23)24/h7-8,10H,3-6H2,1-2H3,(H,20,22)(H,23,24)(H,26,27)(H,19,21,25)/t10-/m0/s1. The van der Waals surface area contributed by atoms with Gasteiger partial charge in [0.2, 0.25) is 5.91 Å². The third-order valence-corrected chi connectivity index (χ3v) is 4.13. The maximum atomic E-state index is 12.3. The number of aromatic amines is 1. The number of methoxy groups -OCH3 is 2. The SMILES string of the molecule is COc1cc2nc(CCC(=O)N[C@@H](CCC(=O)O)C(=O)O)[nH]c(=O)c2cc1OC. The number of carbonyl (C=O) groups excluding carboxylic acids is 1. The molecule has 1 heterocycles. The maximum Gasteiger partial charge on any atom is 0.326 e. The summed E-state index contributed by atoms with van der Waals surface area (Å²) in [6.45, 7) is 0. The number of aromatic nitrogens is 2. The van der Waals surface area contributed by atoms with Crippen LogP contribution in [0.15, 0.2) is 16.9 Å². The van der Waals surface area contributed by atoms with E-state index >= 15 is 0 Å². The quantitative estimate of drug-likeness (QED) is 0.433. The first-order chi connectivity index (χ1) is 13.7. The lowest BCUT2D eigenvalue weighted by Gasteiger charge is -2.13. The van der Waals surface area contributed by atoms with Crippen LogP contribution in [0.25, 0.3) is 10.9 Å². The van der Waals surface area contributed by atoms with Crippen molar-refractivity contribution < 1.29 is 34.1 Å². The van der Waals surface area contributed by atoms with Crippen molar-refractivity contribution in [2.24, 2.45) is 0 Å². The van der Waals surface area contributed by atoms with Crippen LogP contribution >= 0.6 is 0 Å². The fourth-order valence-electron chi connectivity index (χ4n) is 2.66. The molecule has 2 rings (SSSR count). The number of fused-ring (bicyclic) bond motifs is 1. The van der Waals surface area contributed by atoms with E-state index in [0.717, 1.165) is 0 Å². The largest absolute Gasteiger partial charge is 0.493 e. The summed E-state index contributed by atoms with van der Waals surface area (Å²) in [5.74, 6) is -2.07. The molecule has 0 aliphatic rings. The van der Waals surface area contributed by atoms with Gasteiger partial charge in [0.1, 0.15) is 11.9 Å². The average Bonchev–Trinajstić information content (AvgIpc) is 2.68. The Labute approximate surface area is 164 Å². The van der Waals surface area contributed by atoms with Gasteiger partial charge < -0.3 is 30.0 Å². The number of benzene rings is 1. The Balaban J connectivity index is 2.11. The van der Waals surface area contributed by atoms with Crippen LogP contribution in [0.4, 0.5) is 0 Å². The van der Waals surface area contributed by atoms with E-state index in [1.54, 1.807) is 6.07 Å². The van der Waals surface area contributed by atoms with Gasteiger partial charge in [-0.2, -0.15) is 0 Å². The molecule has 156 valence electrons. The number of amides is 1. The van der Waals surface area contributed by atoms with E-state index in [1.807, 2.05) is 0 Å². The fourth-order valence-corrected chi connectivity index (χ4v) is 2.66. The van der Waals surface area contributed by atoms with Crippen molar-refractivity contribution in [2.45, 2.75) is 31.7 Å².